The standard InChI is InChI=1S/C17H18FN3O2/c1-11-4-2-3-7-17(11)15(22)21(16(23)20-17)10-13-8-12(9-19)5-6-14(13)18/h5-6,8,11H,2-4,7,10H2,1H3,(H,20,23)/t11-,17+/m1/s1. The Labute approximate surface area is 134 Å². The van der Waals surface area contributed by atoms with Gasteiger partial charge in [0.15, 0.2) is 0 Å². The van der Waals surface area contributed by atoms with Crippen molar-refractivity contribution in [2.24, 2.45) is 5.92 Å². The molecule has 1 aromatic rings. The Morgan fingerprint density at radius 1 is 1.43 bits per heavy atom. The maximum absolute atomic E-state index is 13.9. The molecular formula is C17H18FN3O2. The van der Waals surface area contributed by atoms with Crippen molar-refractivity contribution in [2.75, 3.05) is 0 Å². The van der Waals surface area contributed by atoms with Crippen LogP contribution in [0.25, 0.3) is 0 Å². The van der Waals surface area contributed by atoms with E-state index in [1.807, 2.05) is 13.0 Å². The highest BCUT2D eigenvalue weighted by atomic mass is 19.1. The summed E-state index contributed by atoms with van der Waals surface area (Å²) in [5.41, 5.74) is -0.374. The summed E-state index contributed by atoms with van der Waals surface area (Å²) >= 11 is 0. The van der Waals surface area contributed by atoms with Gasteiger partial charge in [-0.15, -0.1) is 0 Å². The van der Waals surface area contributed by atoms with Gasteiger partial charge in [0.1, 0.15) is 11.4 Å². The molecule has 2 aliphatic rings. The molecule has 23 heavy (non-hydrogen) atoms. The normalized spacial score (nSPS) is 27.2. The molecule has 1 N–H and O–H groups in total. The number of hydrogen-bond acceptors (Lipinski definition) is 3. The minimum atomic E-state index is -0.849. The van der Waals surface area contributed by atoms with Crippen LogP contribution >= 0.6 is 0 Å². The maximum atomic E-state index is 13.9. The van der Waals surface area contributed by atoms with Crippen molar-refractivity contribution in [3.05, 3.63) is 35.1 Å². The number of carbonyl (C=O) groups is 2. The Morgan fingerprint density at radius 3 is 2.91 bits per heavy atom. The predicted octanol–water partition coefficient (Wildman–Crippen LogP) is 2.70. The molecule has 1 aromatic carbocycles. The van der Waals surface area contributed by atoms with E-state index in [0.29, 0.717) is 12.0 Å². The first kappa shape index (κ1) is 15.5. The summed E-state index contributed by atoms with van der Waals surface area (Å²) in [7, 11) is 0. The molecule has 1 saturated heterocycles. The minimum Gasteiger partial charge on any atom is -0.323 e. The summed E-state index contributed by atoms with van der Waals surface area (Å²) in [6.45, 7) is 1.82. The van der Waals surface area contributed by atoms with E-state index in [2.05, 4.69) is 5.32 Å². The van der Waals surface area contributed by atoms with Gasteiger partial charge in [0.2, 0.25) is 0 Å². The van der Waals surface area contributed by atoms with Crippen LogP contribution in [0.5, 0.6) is 0 Å². The molecule has 3 amide bonds. The summed E-state index contributed by atoms with van der Waals surface area (Å²) in [5, 5.41) is 11.8. The number of imide groups is 1. The van der Waals surface area contributed by atoms with Gasteiger partial charge in [-0.25, -0.2) is 9.18 Å². The molecule has 6 heteroatoms. The Hall–Kier alpha value is -2.42. The molecule has 1 spiro atoms. The number of benzene rings is 1. The molecule has 2 fully saturated rings. The fourth-order valence-corrected chi connectivity index (χ4v) is 3.57. The zero-order valence-electron chi connectivity index (χ0n) is 12.9. The molecule has 2 atom stereocenters. The second kappa shape index (κ2) is 5.65. The Morgan fingerprint density at radius 2 is 2.22 bits per heavy atom. The van der Waals surface area contributed by atoms with Crippen LogP contribution < -0.4 is 5.32 Å². The van der Waals surface area contributed by atoms with Crippen LogP contribution in [0.3, 0.4) is 0 Å². The van der Waals surface area contributed by atoms with Crippen LogP contribution in [0.1, 0.15) is 43.7 Å². The fourth-order valence-electron chi connectivity index (χ4n) is 3.57. The Bertz CT molecular complexity index is 712. The van der Waals surface area contributed by atoms with Crippen LogP contribution in [0.15, 0.2) is 18.2 Å². The first-order chi connectivity index (χ1) is 11.0. The highest BCUT2D eigenvalue weighted by Crippen LogP contribution is 2.38. The molecule has 0 radical (unpaired) electrons. The van der Waals surface area contributed by atoms with E-state index >= 15 is 0 Å². The summed E-state index contributed by atoms with van der Waals surface area (Å²) < 4.78 is 13.9. The quantitative estimate of drug-likeness (QED) is 0.853. The van der Waals surface area contributed by atoms with Crippen molar-refractivity contribution >= 4 is 11.9 Å². The number of urea groups is 1. The lowest BCUT2D eigenvalue weighted by molar-refractivity contribution is -0.134. The van der Waals surface area contributed by atoms with Crippen molar-refractivity contribution in [2.45, 2.75) is 44.7 Å². The van der Waals surface area contributed by atoms with E-state index in [9.17, 15) is 14.0 Å². The highest BCUT2D eigenvalue weighted by molar-refractivity contribution is 6.07. The number of carbonyl (C=O) groups excluding carboxylic acids is 2. The zero-order chi connectivity index (χ0) is 16.6. The minimum absolute atomic E-state index is 0.0630. The summed E-state index contributed by atoms with van der Waals surface area (Å²) in [4.78, 5) is 26.2. The molecule has 1 aliphatic carbocycles. The SMILES string of the molecule is C[C@@H]1CCCC[C@]12NC(=O)N(Cc1cc(C#N)ccc1F)C2=O. The van der Waals surface area contributed by atoms with Gasteiger partial charge in [0.25, 0.3) is 5.91 Å². The summed E-state index contributed by atoms with van der Waals surface area (Å²) in [6.07, 6.45) is 3.45. The van der Waals surface area contributed by atoms with E-state index in [1.54, 1.807) is 0 Å². The molecular weight excluding hydrogens is 297 g/mol. The molecule has 3 rings (SSSR count). The van der Waals surface area contributed by atoms with E-state index < -0.39 is 17.4 Å². The van der Waals surface area contributed by atoms with Crippen LogP contribution in [-0.4, -0.2) is 22.4 Å². The average Bonchev–Trinajstić information content (AvgIpc) is 2.77. The third-order valence-electron chi connectivity index (χ3n) is 5.00. The largest absolute Gasteiger partial charge is 0.325 e. The maximum Gasteiger partial charge on any atom is 0.325 e. The van der Waals surface area contributed by atoms with Gasteiger partial charge in [0, 0.05) is 5.56 Å². The second-order valence-corrected chi connectivity index (χ2v) is 6.36. The zero-order valence-corrected chi connectivity index (χ0v) is 12.9. The first-order valence-corrected chi connectivity index (χ1v) is 7.80. The third-order valence-corrected chi connectivity index (χ3v) is 5.00. The summed E-state index contributed by atoms with van der Waals surface area (Å²) in [6, 6.07) is 5.39. The monoisotopic (exact) mass is 315 g/mol. The number of hydrogen-bond donors (Lipinski definition) is 1. The van der Waals surface area contributed by atoms with Crippen LogP contribution in [-0.2, 0) is 11.3 Å². The van der Waals surface area contributed by atoms with Crippen LogP contribution in [0, 0.1) is 23.1 Å². The Balaban J connectivity index is 1.88. The van der Waals surface area contributed by atoms with Gasteiger partial charge in [0.05, 0.1) is 18.2 Å². The van der Waals surface area contributed by atoms with E-state index in [0.717, 1.165) is 24.2 Å². The van der Waals surface area contributed by atoms with E-state index in [4.69, 9.17) is 5.26 Å². The molecule has 5 nitrogen and oxygen atoms in total. The van der Waals surface area contributed by atoms with Crippen LogP contribution in [0.2, 0.25) is 0 Å². The number of amides is 3. The number of nitrogens with zero attached hydrogens (tertiary/aromatic N) is 2. The number of nitriles is 1. The molecule has 1 aliphatic heterocycles. The van der Waals surface area contributed by atoms with Gasteiger partial charge in [-0.2, -0.15) is 5.26 Å². The number of halogens is 1. The van der Waals surface area contributed by atoms with Gasteiger partial charge < -0.3 is 5.32 Å². The third kappa shape index (κ3) is 2.46. The molecule has 0 aromatic heterocycles. The average molecular weight is 315 g/mol. The van der Waals surface area contributed by atoms with E-state index in [-0.39, 0.29) is 23.9 Å². The number of nitrogens with one attached hydrogen (secondary N) is 1. The first-order valence-electron chi connectivity index (χ1n) is 7.80. The molecule has 120 valence electrons. The van der Waals surface area contributed by atoms with Crippen molar-refractivity contribution in [3.8, 4) is 6.07 Å². The van der Waals surface area contributed by atoms with Crippen molar-refractivity contribution in [3.63, 3.8) is 0 Å². The van der Waals surface area contributed by atoms with Crippen LogP contribution in [0.4, 0.5) is 9.18 Å². The lowest BCUT2D eigenvalue weighted by atomic mass is 9.73. The Kier molecular flexibility index (Phi) is 3.80. The van der Waals surface area contributed by atoms with Gasteiger partial charge in [-0.3, -0.25) is 9.69 Å². The topological polar surface area (TPSA) is 73.2 Å². The summed E-state index contributed by atoms with van der Waals surface area (Å²) in [5.74, 6) is -0.744. The van der Waals surface area contributed by atoms with Crippen molar-refractivity contribution in [1.29, 1.82) is 5.26 Å². The second-order valence-electron chi connectivity index (χ2n) is 6.36. The molecule has 1 heterocycles. The van der Waals surface area contributed by atoms with Gasteiger partial charge in [-0.1, -0.05) is 19.8 Å². The lowest BCUT2D eigenvalue weighted by Crippen LogP contribution is -2.53. The number of rotatable bonds is 2. The van der Waals surface area contributed by atoms with Crippen molar-refractivity contribution < 1.29 is 14.0 Å². The molecule has 1 saturated carbocycles. The fraction of sp³-hybridized carbons (Fsp3) is 0.471. The van der Waals surface area contributed by atoms with Gasteiger partial charge >= 0.3 is 6.03 Å². The predicted molar refractivity (Wildman–Crippen MR) is 80.6 cm³/mol. The van der Waals surface area contributed by atoms with Crippen molar-refractivity contribution in [1.82, 2.24) is 10.2 Å². The highest BCUT2D eigenvalue weighted by Gasteiger charge is 2.54. The lowest BCUT2D eigenvalue weighted by Gasteiger charge is -2.36. The molecule has 0 bridgehead atoms. The molecule has 0 unspecified atom stereocenters. The smallest absolute Gasteiger partial charge is 0.323 e. The van der Waals surface area contributed by atoms with Gasteiger partial charge in [-0.05, 0) is 37.0 Å². The van der Waals surface area contributed by atoms with E-state index in [1.165, 1.54) is 18.2 Å².